The summed E-state index contributed by atoms with van der Waals surface area (Å²) >= 11 is 1.49. The molecule has 17 heavy (non-hydrogen) atoms. The summed E-state index contributed by atoms with van der Waals surface area (Å²) in [5, 5.41) is 7.10. The van der Waals surface area contributed by atoms with E-state index in [2.05, 4.69) is 15.2 Å². The van der Waals surface area contributed by atoms with Crippen LogP contribution in [-0.2, 0) is 0 Å². The maximum absolute atomic E-state index is 10.9. The number of thiazole rings is 1. The summed E-state index contributed by atoms with van der Waals surface area (Å²) in [6.07, 6.45) is 0. The van der Waals surface area contributed by atoms with Gasteiger partial charge in [-0.3, -0.25) is 4.79 Å². The Morgan fingerprint density at radius 3 is 2.88 bits per heavy atom. The van der Waals surface area contributed by atoms with Crippen LogP contribution in [0.1, 0.15) is 0 Å². The third-order valence-electron chi connectivity index (χ3n) is 2.31. The molecule has 3 N–H and O–H groups in total. The Morgan fingerprint density at radius 1 is 1.24 bits per heavy atom. The van der Waals surface area contributed by atoms with Crippen LogP contribution in [0.15, 0.2) is 35.1 Å². The van der Waals surface area contributed by atoms with Crippen LogP contribution in [-0.4, -0.2) is 15.2 Å². The van der Waals surface area contributed by atoms with Gasteiger partial charge in [-0.1, -0.05) is 0 Å². The van der Waals surface area contributed by atoms with Gasteiger partial charge in [-0.05, 0) is 24.3 Å². The minimum Gasteiger partial charge on any atom is -0.399 e. The first-order chi connectivity index (χ1) is 8.22. The fourth-order valence-electron chi connectivity index (χ4n) is 1.51. The molecule has 0 fully saturated rings. The predicted octanol–water partition coefficient (Wildman–Crippen LogP) is 1.63. The highest BCUT2D eigenvalue weighted by Gasteiger charge is 2.07. The van der Waals surface area contributed by atoms with Gasteiger partial charge in [-0.2, -0.15) is 5.10 Å². The van der Waals surface area contributed by atoms with Crippen LogP contribution in [0.3, 0.4) is 0 Å². The number of nitrogens with two attached hydrogens (primary N) is 1. The van der Waals surface area contributed by atoms with E-state index in [9.17, 15) is 4.79 Å². The first-order valence-corrected chi connectivity index (χ1v) is 5.76. The van der Waals surface area contributed by atoms with Crippen LogP contribution in [0.5, 0.6) is 0 Å². The Kier molecular flexibility index (Phi) is 2.15. The zero-order valence-electron chi connectivity index (χ0n) is 8.68. The van der Waals surface area contributed by atoms with Crippen LogP contribution in [0, 0.1) is 0 Å². The molecule has 0 aliphatic rings. The molecular formula is C11H8N4OS. The number of hydrogen-bond donors (Lipinski definition) is 2. The van der Waals surface area contributed by atoms with E-state index in [1.807, 2.05) is 18.2 Å². The largest absolute Gasteiger partial charge is 0.399 e. The number of fused-ring (bicyclic) bond motifs is 1. The van der Waals surface area contributed by atoms with Crippen molar-refractivity contribution < 1.29 is 0 Å². The van der Waals surface area contributed by atoms with Gasteiger partial charge in [0, 0.05) is 11.8 Å². The zero-order chi connectivity index (χ0) is 11.8. The van der Waals surface area contributed by atoms with Crippen molar-refractivity contribution in [3.8, 4) is 10.7 Å². The summed E-state index contributed by atoms with van der Waals surface area (Å²) in [7, 11) is 0. The maximum atomic E-state index is 10.9. The number of aromatic nitrogens is 3. The second-order valence-electron chi connectivity index (χ2n) is 3.55. The van der Waals surface area contributed by atoms with Crippen LogP contribution < -0.4 is 11.3 Å². The molecule has 0 amide bonds. The number of benzene rings is 1. The van der Waals surface area contributed by atoms with Crippen LogP contribution in [0.4, 0.5) is 5.69 Å². The highest BCUT2D eigenvalue weighted by atomic mass is 32.1. The fraction of sp³-hybridized carbons (Fsp3) is 0. The second kappa shape index (κ2) is 3.67. The maximum Gasteiger partial charge on any atom is 0.264 e. The monoisotopic (exact) mass is 244 g/mol. The molecule has 84 valence electrons. The molecule has 0 aliphatic heterocycles. The minimum atomic E-state index is -0.223. The smallest absolute Gasteiger partial charge is 0.264 e. The first-order valence-electron chi connectivity index (χ1n) is 4.94. The van der Waals surface area contributed by atoms with Crippen LogP contribution >= 0.6 is 11.3 Å². The molecule has 1 aromatic carbocycles. The van der Waals surface area contributed by atoms with Crippen molar-refractivity contribution >= 4 is 27.2 Å². The van der Waals surface area contributed by atoms with E-state index in [1.54, 1.807) is 6.07 Å². The molecule has 3 aromatic rings. The van der Waals surface area contributed by atoms with E-state index >= 15 is 0 Å². The summed E-state index contributed by atoms with van der Waals surface area (Å²) in [4.78, 5) is 15.4. The second-order valence-corrected chi connectivity index (χ2v) is 4.58. The molecule has 2 heterocycles. The number of rotatable bonds is 1. The SMILES string of the molecule is Nc1ccc2nc(-c3ccc(=O)[nH]n3)sc2c1. The van der Waals surface area contributed by atoms with E-state index in [0.29, 0.717) is 11.4 Å². The van der Waals surface area contributed by atoms with Crippen LogP contribution in [0.25, 0.3) is 20.9 Å². The van der Waals surface area contributed by atoms with Crippen molar-refractivity contribution in [3.05, 3.63) is 40.7 Å². The average molecular weight is 244 g/mol. The van der Waals surface area contributed by atoms with E-state index in [0.717, 1.165) is 15.2 Å². The number of aromatic amines is 1. The van der Waals surface area contributed by atoms with Crippen molar-refractivity contribution in [3.63, 3.8) is 0 Å². The lowest BCUT2D eigenvalue weighted by atomic mass is 10.3. The lowest BCUT2D eigenvalue weighted by molar-refractivity contribution is 0.994. The summed E-state index contributed by atoms with van der Waals surface area (Å²) in [6, 6.07) is 8.65. The van der Waals surface area contributed by atoms with Gasteiger partial charge in [0.05, 0.1) is 10.2 Å². The molecule has 0 radical (unpaired) electrons. The number of hydrogen-bond acceptors (Lipinski definition) is 5. The molecule has 6 heteroatoms. The van der Waals surface area contributed by atoms with Gasteiger partial charge in [0.25, 0.3) is 5.56 Å². The van der Waals surface area contributed by atoms with E-state index < -0.39 is 0 Å². The molecule has 0 bridgehead atoms. The Morgan fingerprint density at radius 2 is 2.12 bits per heavy atom. The van der Waals surface area contributed by atoms with E-state index in [1.165, 1.54) is 17.4 Å². The Balaban J connectivity index is 2.17. The third-order valence-corrected chi connectivity index (χ3v) is 3.35. The Bertz CT molecular complexity index is 726. The van der Waals surface area contributed by atoms with Gasteiger partial charge in [0.15, 0.2) is 0 Å². The van der Waals surface area contributed by atoms with Crippen molar-refractivity contribution in [2.24, 2.45) is 0 Å². The molecule has 5 nitrogen and oxygen atoms in total. The molecule has 2 aromatic heterocycles. The van der Waals surface area contributed by atoms with E-state index in [-0.39, 0.29) is 5.56 Å². The molecular weight excluding hydrogens is 236 g/mol. The summed E-state index contributed by atoms with van der Waals surface area (Å²) < 4.78 is 1.01. The molecule has 0 atom stereocenters. The number of nitrogens with one attached hydrogen (secondary N) is 1. The minimum absolute atomic E-state index is 0.223. The molecule has 0 saturated carbocycles. The van der Waals surface area contributed by atoms with Crippen LogP contribution in [0.2, 0.25) is 0 Å². The molecule has 0 aliphatic carbocycles. The van der Waals surface area contributed by atoms with Gasteiger partial charge in [0.1, 0.15) is 10.7 Å². The zero-order valence-corrected chi connectivity index (χ0v) is 9.49. The fourth-order valence-corrected chi connectivity index (χ4v) is 2.50. The highest BCUT2D eigenvalue weighted by Crippen LogP contribution is 2.29. The number of nitrogens with zero attached hydrogens (tertiary/aromatic N) is 2. The molecule has 0 spiro atoms. The number of anilines is 1. The topological polar surface area (TPSA) is 84.7 Å². The standard InChI is InChI=1S/C11H8N4OS/c12-6-1-2-7-9(5-6)17-11(13-7)8-3-4-10(16)15-14-8/h1-5H,12H2,(H,15,16). The van der Waals surface area contributed by atoms with Crippen molar-refractivity contribution in [2.75, 3.05) is 5.73 Å². The Labute approximate surface area is 99.9 Å². The van der Waals surface area contributed by atoms with Gasteiger partial charge in [0.2, 0.25) is 0 Å². The van der Waals surface area contributed by atoms with Crippen molar-refractivity contribution in [2.45, 2.75) is 0 Å². The molecule has 0 saturated heterocycles. The molecule has 3 rings (SSSR count). The van der Waals surface area contributed by atoms with E-state index in [4.69, 9.17) is 5.73 Å². The summed E-state index contributed by atoms with van der Waals surface area (Å²) in [6.45, 7) is 0. The lowest BCUT2D eigenvalue weighted by Gasteiger charge is -1.90. The van der Waals surface area contributed by atoms with Crippen molar-refractivity contribution in [1.29, 1.82) is 0 Å². The quantitative estimate of drug-likeness (QED) is 0.637. The number of nitrogen functional groups attached to an aromatic ring is 1. The lowest BCUT2D eigenvalue weighted by Crippen LogP contribution is -2.05. The average Bonchev–Trinajstić information content (AvgIpc) is 2.72. The highest BCUT2D eigenvalue weighted by molar-refractivity contribution is 7.21. The van der Waals surface area contributed by atoms with Gasteiger partial charge in [-0.25, -0.2) is 10.1 Å². The Hall–Kier alpha value is -2.21. The van der Waals surface area contributed by atoms with Gasteiger partial charge in [-0.15, -0.1) is 11.3 Å². The predicted molar refractivity (Wildman–Crippen MR) is 67.9 cm³/mol. The third kappa shape index (κ3) is 1.78. The van der Waals surface area contributed by atoms with Crippen molar-refractivity contribution in [1.82, 2.24) is 15.2 Å². The number of H-pyrrole nitrogens is 1. The summed E-state index contributed by atoms with van der Waals surface area (Å²) in [5.74, 6) is 0. The van der Waals surface area contributed by atoms with Gasteiger partial charge < -0.3 is 5.73 Å². The summed E-state index contributed by atoms with van der Waals surface area (Å²) in [5.41, 5.74) is 7.73. The molecule has 0 unspecified atom stereocenters. The van der Waals surface area contributed by atoms with Gasteiger partial charge >= 0.3 is 0 Å². The normalized spacial score (nSPS) is 10.8. The first kappa shape index (κ1) is 9.98.